The minimum Gasteiger partial charge on any atom is -0.352 e. The van der Waals surface area contributed by atoms with E-state index in [1.54, 1.807) is 18.2 Å². The zero-order chi connectivity index (χ0) is 20.5. The van der Waals surface area contributed by atoms with Gasteiger partial charge in [-0.05, 0) is 11.8 Å². The molecule has 1 unspecified atom stereocenters. The fraction of sp³-hybridized carbons (Fsp3) is 0.333. The molecule has 0 bridgehead atoms. The van der Waals surface area contributed by atoms with Gasteiger partial charge in [0.05, 0.1) is 33.3 Å². The molecule has 3 rings (SSSR count). The summed E-state index contributed by atoms with van der Waals surface area (Å²) in [5, 5.41) is 25.3. The number of terminal acetylenes is 1. The molecule has 2 aliphatic rings. The number of carbonyl (C=O) groups excluding carboxylic acids is 1. The number of rotatable bonds is 4. The highest BCUT2D eigenvalue weighted by molar-refractivity contribution is 8.03. The highest BCUT2D eigenvalue weighted by atomic mass is 32.2. The van der Waals surface area contributed by atoms with Crippen LogP contribution in [-0.4, -0.2) is 16.5 Å². The van der Waals surface area contributed by atoms with Crippen LogP contribution in [0, 0.1) is 39.2 Å². The first-order valence-corrected chi connectivity index (χ1v) is 9.74. The second-order valence-corrected chi connectivity index (χ2v) is 8.54. The average molecular weight is 393 g/mol. The number of dihydropyridines is 1. The summed E-state index contributed by atoms with van der Waals surface area (Å²) in [4.78, 5) is 24.2. The molecule has 0 saturated carbocycles. The zero-order valence-corrected chi connectivity index (χ0v) is 16.4. The van der Waals surface area contributed by atoms with Gasteiger partial charge in [-0.1, -0.05) is 49.7 Å². The molecule has 1 aromatic rings. The number of nitrogens with zero attached hydrogens (tertiary/aromatic N) is 2. The van der Waals surface area contributed by atoms with E-state index in [1.807, 2.05) is 13.8 Å². The molecular formula is C21H19N3O3S. The van der Waals surface area contributed by atoms with Crippen molar-refractivity contribution in [1.29, 1.82) is 5.26 Å². The molecule has 1 atom stereocenters. The number of nitriles is 1. The standard InChI is InChI=1S/C21H19N3O3S/c1-4-9-28-20-14(12-22)18(13-7-5-6-8-16(13)24(26)27)19-15(23-20)10-21(2,3)11-17(19)25/h1,5-8,18,23H,9-11H2,2-3H3. The first-order valence-electron chi connectivity index (χ1n) is 8.76. The quantitative estimate of drug-likeness (QED) is 0.471. The lowest BCUT2D eigenvalue weighted by Crippen LogP contribution is -2.37. The minimum atomic E-state index is -0.772. The lowest BCUT2D eigenvalue weighted by molar-refractivity contribution is -0.385. The van der Waals surface area contributed by atoms with E-state index in [0.717, 1.165) is 5.70 Å². The van der Waals surface area contributed by atoms with E-state index in [4.69, 9.17) is 6.42 Å². The van der Waals surface area contributed by atoms with Crippen LogP contribution in [0.1, 0.15) is 38.2 Å². The van der Waals surface area contributed by atoms with Crippen molar-refractivity contribution >= 4 is 23.2 Å². The van der Waals surface area contributed by atoms with Crippen LogP contribution in [0.5, 0.6) is 0 Å². The third-order valence-corrected chi connectivity index (χ3v) is 5.79. The highest BCUT2D eigenvalue weighted by Gasteiger charge is 2.43. The molecule has 0 amide bonds. The Morgan fingerprint density at radius 2 is 2.11 bits per heavy atom. The maximum absolute atomic E-state index is 13.1. The third kappa shape index (κ3) is 3.54. The molecule has 28 heavy (non-hydrogen) atoms. The minimum absolute atomic E-state index is 0.0874. The number of nitrogens with one attached hydrogen (secondary N) is 1. The van der Waals surface area contributed by atoms with Gasteiger partial charge >= 0.3 is 0 Å². The van der Waals surface area contributed by atoms with Crippen molar-refractivity contribution in [2.24, 2.45) is 5.41 Å². The number of Topliss-reactive ketones (excluding diaryl/α,β-unsaturated/α-hetero) is 1. The summed E-state index contributed by atoms with van der Waals surface area (Å²) in [6.07, 6.45) is 6.32. The second kappa shape index (κ2) is 7.53. The number of hydrogen-bond acceptors (Lipinski definition) is 6. The van der Waals surface area contributed by atoms with E-state index >= 15 is 0 Å². The summed E-state index contributed by atoms with van der Waals surface area (Å²) < 4.78 is 0. The lowest BCUT2D eigenvalue weighted by Gasteiger charge is -2.38. The summed E-state index contributed by atoms with van der Waals surface area (Å²) in [5.41, 5.74) is 1.49. The number of ketones is 1. The van der Waals surface area contributed by atoms with Crippen LogP contribution in [-0.2, 0) is 4.79 Å². The smallest absolute Gasteiger partial charge is 0.273 e. The van der Waals surface area contributed by atoms with Crippen LogP contribution in [0.4, 0.5) is 5.69 Å². The SMILES string of the molecule is C#CCSC1=C(C#N)C(c2ccccc2[N+](=O)[O-])C2=C(CC(C)(C)CC2=O)N1. The number of nitro benzene ring substituents is 1. The Morgan fingerprint density at radius 3 is 2.75 bits per heavy atom. The van der Waals surface area contributed by atoms with Gasteiger partial charge in [-0.2, -0.15) is 5.26 Å². The Hall–Kier alpha value is -3.03. The van der Waals surface area contributed by atoms with Crippen molar-refractivity contribution < 1.29 is 9.72 Å². The predicted molar refractivity (Wildman–Crippen MR) is 108 cm³/mol. The maximum Gasteiger partial charge on any atom is 0.273 e. The number of para-hydroxylation sites is 1. The lowest BCUT2D eigenvalue weighted by atomic mass is 9.69. The van der Waals surface area contributed by atoms with Crippen molar-refractivity contribution in [3.05, 3.63) is 61.8 Å². The van der Waals surface area contributed by atoms with Crippen molar-refractivity contribution in [3.63, 3.8) is 0 Å². The molecule has 1 aliphatic heterocycles. The molecule has 7 heteroatoms. The van der Waals surface area contributed by atoms with Gasteiger partial charge in [0, 0.05) is 29.3 Å². The largest absolute Gasteiger partial charge is 0.352 e. The molecule has 0 aromatic heterocycles. The molecule has 0 fully saturated rings. The van der Waals surface area contributed by atoms with Gasteiger partial charge in [-0.15, -0.1) is 6.42 Å². The molecule has 0 spiro atoms. The van der Waals surface area contributed by atoms with Crippen molar-refractivity contribution in [1.82, 2.24) is 5.32 Å². The number of thioether (sulfide) groups is 1. The molecule has 6 nitrogen and oxygen atoms in total. The summed E-state index contributed by atoms with van der Waals surface area (Å²) in [5.74, 6) is 2.01. The Balaban J connectivity index is 2.26. The van der Waals surface area contributed by atoms with Crippen molar-refractivity contribution in [2.45, 2.75) is 32.6 Å². The van der Waals surface area contributed by atoms with Gasteiger partial charge < -0.3 is 5.32 Å². The monoisotopic (exact) mass is 393 g/mol. The predicted octanol–water partition coefficient (Wildman–Crippen LogP) is 4.03. The Labute approximate surface area is 167 Å². The average Bonchev–Trinajstić information content (AvgIpc) is 2.64. The molecule has 1 heterocycles. The first kappa shape index (κ1) is 19.7. The normalized spacial score (nSPS) is 20.7. The van der Waals surface area contributed by atoms with Crippen LogP contribution >= 0.6 is 11.8 Å². The summed E-state index contributed by atoms with van der Waals surface area (Å²) in [7, 11) is 0. The Morgan fingerprint density at radius 1 is 1.39 bits per heavy atom. The molecule has 142 valence electrons. The van der Waals surface area contributed by atoms with Gasteiger partial charge in [0.25, 0.3) is 5.69 Å². The molecule has 1 N–H and O–H groups in total. The van der Waals surface area contributed by atoms with E-state index < -0.39 is 10.8 Å². The van der Waals surface area contributed by atoms with Crippen LogP contribution in [0.25, 0.3) is 0 Å². The summed E-state index contributed by atoms with van der Waals surface area (Å²) in [6.45, 7) is 4.02. The Bertz CT molecular complexity index is 1010. The topological polar surface area (TPSA) is 96.0 Å². The number of carbonyl (C=O) groups is 1. The van der Waals surface area contributed by atoms with E-state index in [2.05, 4.69) is 17.3 Å². The maximum atomic E-state index is 13.1. The van der Waals surface area contributed by atoms with Crippen LogP contribution in [0.3, 0.4) is 0 Å². The number of benzene rings is 1. The van der Waals surface area contributed by atoms with E-state index in [9.17, 15) is 20.2 Å². The van der Waals surface area contributed by atoms with Crippen LogP contribution in [0.15, 0.2) is 46.1 Å². The zero-order valence-electron chi connectivity index (χ0n) is 15.6. The molecule has 1 aliphatic carbocycles. The molecule has 0 radical (unpaired) electrons. The van der Waals surface area contributed by atoms with E-state index in [1.165, 1.54) is 17.8 Å². The molecular weight excluding hydrogens is 374 g/mol. The van der Waals surface area contributed by atoms with Gasteiger partial charge in [0.15, 0.2) is 5.78 Å². The molecule has 1 aromatic carbocycles. The van der Waals surface area contributed by atoms with Crippen LogP contribution < -0.4 is 5.32 Å². The van der Waals surface area contributed by atoms with E-state index in [0.29, 0.717) is 40.3 Å². The third-order valence-electron chi connectivity index (χ3n) is 4.87. The number of nitro groups is 1. The van der Waals surface area contributed by atoms with Crippen LogP contribution in [0.2, 0.25) is 0 Å². The van der Waals surface area contributed by atoms with Gasteiger partial charge in [0.1, 0.15) is 0 Å². The number of hydrogen-bond donors (Lipinski definition) is 1. The van der Waals surface area contributed by atoms with Gasteiger partial charge in [-0.25, -0.2) is 0 Å². The fourth-order valence-electron chi connectivity index (χ4n) is 3.81. The van der Waals surface area contributed by atoms with Gasteiger partial charge in [0.2, 0.25) is 0 Å². The van der Waals surface area contributed by atoms with Crippen molar-refractivity contribution in [2.75, 3.05) is 5.75 Å². The second-order valence-electron chi connectivity index (χ2n) is 7.55. The summed E-state index contributed by atoms with van der Waals surface area (Å²) >= 11 is 1.29. The summed E-state index contributed by atoms with van der Waals surface area (Å²) in [6, 6.07) is 8.45. The highest BCUT2D eigenvalue weighted by Crippen LogP contribution is 2.49. The van der Waals surface area contributed by atoms with Crippen molar-refractivity contribution in [3.8, 4) is 18.4 Å². The Kier molecular flexibility index (Phi) is 5.31. The van der Waals surface area contributed by atoms with E-state index in [-0.39, 0.29) is 16.9 Å². The number of allylic oxidation sites excluding steroid dienone is 3. The molecule has 0 saturated heterocycles. The first-order chi connectivity index (χ1) is 13.3. The van der Waals surface area contributed by atoms with Gasteiger partial charge in [-0.3, -0.25) is 14.9 Å². The fourth-order valence-corrected chi connectivity index (χ4v) is 4.55.